The number of nitrogens with one attached hydrogen (secondary N) is 1. The molecule has 47 heavy (non-hydrogen) atoms. The number of H-pyrrole nitrogens is 1. The molecule has 1 saturated heterocycles. The number of benzene rings is 4. The van der Waals surface area contributed by atoms with Gasteiger partial charge in [0.15, 0.2) is 5.60 Å². The van der Waals surface area contributed by atoms with E-state index in [2.05, 4.69) is 37.2 Å². The van der Waals surface area contributed by atoms with Gasteiger partial charge in [-0.25, -0.2) is 4.68 Å². The standard InChI is InChI=1S/C37H38ClN3O5Si/c1-23-34(47(3,4)28-16-14-27(45-2)15-17-28)33(19-20-42)46-37(23)30-21-25(38)11-18-32(30)40(36(37)44)22-24-9-12-26(13-10-24)41-35(43)29-7-5-6-8-31(29)39-41/h5-18,21,23,33-34,39,42H,19-20,22H2,1-4H3/t23-,33+,34-,37+/m1/s1. The van der Waals surface area contributed by atoms with E-state index in [9.17, 15) is 14.7 Å². The summed E-state index contributed by atoms with van der Waals surface area (Å²) in [6.07, 6.45) is 0.115. The summed E-state index contributed by atoms with van der Waals surface area (Å²) in [5, 5.41) is 15.7. The Kier molecular flexibility index (Phi) is 7.91. The van der Waals surface area contributed by atoms with Crippen LogP contribution in [-0.4, -0.2) is 48.7 Å². The molecule has 4 aromatic carbocycles. The zero-order valence-corrected chi connectivity index (χ0v) is 28.6. The maximum atomic E-state index is 14.8. The van der Waals surface area contributed by atoms with Gasteiger partial charge in [-0.05, 0) is 72.1 Å². The maximum Gasteiger partial charge on any atom is 0.279 e. The molecule has 1 aromatic heterocycles. The number of fused-ring (bicyclic) bond motifs is 3. The summed E-state index contributed by atoms with van der Waals surface area (Å²) < 4.78 is 13.9. The van der Waals surface area contributed by atoms with Crippen molar-refractivity contribution >= 4 is 47.4 Å². The number of nitrogens with zero attached hydrogens (tertiary/aromatic N) is 2. The van der Waals surface area contributed by atoms with Gasteiger partial charge in [0.2, 0.25) is 0 Å². The molecule has 0 unspecified atom stereocenters. The Morgan fingerprint density at radius 1 is 1.00 bits per heavy atom. The van der Waals surface area contributed by atoms with E-state index in [4.69, 9.17) is 21.1 Å². The van der Waals surface area contributed by atoms with Crippen LogP contribution in [0.4, 0.5) is 5.69 Å². The van der Waals surface area contributed by atoms with E-state index in [0.717, 1.165) is 28.1 Å². The number of para-hydroxylation sites is 1. The van der Waals surface area contributed by atoms with Crippen LogP contribution in [0.25, 0.3) is 16.6 Å². The zero-order chi connectivity index (χ0) is 33.1. The van der Waals surface area contributed by atoms with Crippen LogP contribution in [0, 0.1) is 5.92 Å². The van der Waals surface area contributed by atoms with Gasteiger partial charge in [0.1, 0.15) is 5.75 Å². The fourth-order valence-electron chi connectivity index (χ4n) is 8.01. The molecule has 0 saturated carbocycles. The molecule has 2 aliphatic heterocycles. The van der Waals surface area contributed by atoms with E-state index in [-0.39, 0.29) is 35.6 Å². The molecule has 2 N–H and O–H groups in total. The number of hydrogen-bond donors (Lipinski definition) is 2. The minimum absolute atomic E-state index is 0.0349. The molecule has 2 aliphatic rings. The molecule has 10 heteroatoms. The van der Waals surface area contributed by atoms with Gasteiger partial charge in [-0.2, -0.15) is 0 Å². The predicted molar refractivity (Wildman–Crippen MR) is 188 cm³/mol. The van der Waals surface area contributed by atoms with Crippen molar-refractivity contribution in [3.8, 4) is 11.4 Å². The quantitative estimate of drug-likeness (QED) is 0.194. The molecule has 0 radical (unpaired) electrons. The van der Waals surface area contributed by atoms with Crippen LogP contribution in [0.2, 0.25) is 23.7 Å². The van der Waals surface area contributed by atoms with Crippen LogP contribution in [-0.2, 0) is 21.7 Å². The molecule has 4 atom stereocenters. The van der Waals surface area contributed by atoms with Crippen LogP contribution in [0.3, 0.4) is 0 Å². The summed E-state index contributed by atoms with van der Waals surface area (Å²) in [6.45, 7) is 7.04. The van der Waals surface area contributed by atoms with E-state index in [1.807, 2.05) is 72.8 Å². The molecule has 5 aromatic rings. The second-order valence-corrected chi connectivity index (χ2v) is 18.3. The van der Waals surface area contributed by atoms with Crippen LogP contribution < -0.4 is 20.4 Å². The first-order valence-electron chi connectivity index (χ1n) is 15.9. The Morgan fingerprint density at radius 3 is 2.40 bits per heavy atom. The summed E-state index contributed by atoms with van der Waals surface area (Å²) >= 11 is 6.59. The third-order valence-electron chi connectivity index (χ3n) is 10.3. The Hall–Kier alpha value is -4.15. The first-order valence-corrected chi connectivity index (χ1v) is 19.4. The van der Waals surface area contributed by atoms with Gasteiger partial charge < -0.3 is 19.5 Å². The second kappa shape index (κ2) is 11.8. The molecule has 0 bridgehead atoms. The van der Waals surface area contributed by atoms with E-state index in [0.29, 0.717) is 29.1 Å². The molecule has 3 heterocycles. The van der Waals surface area contributed by atoms with Crippen LogP contribution in [0.15, 0.2) is 95.8 Å². The van der Waals surface area contributed by atoms with Gasteiger partial charge in [-0.3, -0.25) is 14.7 Å². The number of aromatic amines is 1. The highest BCUT2D eigenvalue weighted by Gasteiger charge is 2.66. The number of amides is 1. The van der Waals surface area contributed by atoms with Crippen molar-refractivity contribution < 1.29 is 19.4 Å². The molecular formula is C37H38ClN3O5Si. The molecule has 1 amide bonds. The average molecular weight is 668 g/mol. The van der Waals surface area contributed by atoms with Gasteiger partial charge in [-0.15, -0.1) is 0 Å². The van der Waals surface area contributed by atoms with E-state index >= 15 is 0 Å². The van der Waals surface area contributed by atoms with E-state index in [1.165, 1.54) is 9.87 Å². The normalized spacial score (nSPS) is 22.4. The molecule has 242 valence electrons. The third kappa shape index (κ3) is 4.95. The van der Waals surface area contributed by atoms with E-state index < -0.39 is 13.7 Å². The number of aliphatic hydroxyl groups is 1. The van der Waals surface area contributed by atoms with Crippen molar-refractivity contribution in [1.29, 1.82) is 0 Å². The maximum absolute atomic E-state index is 14.8. The smallest absolute Gasteiger partial charge is 0.279 e. The number of carbonyl (C=O) groups excluding carboxylic acids is 1. The highest BCUT2D eigenvalue weighted by Crippen LogP contribution is 2.60. The molecule has 0 aliphatic carbocycles. The lowest BCUT2D eigenvalue weighted by Crippen LogP contribution is -2.51. The highest BCUT2D eigenvalue weighted by molar-refractivity contribution is 6.91. The van der Waals surface area contributed by atoms with Gasteiger partial charge in [0.05, 0.1) is 50.1 Å². The summed E-state index contributed by atoms with van der Waals surface area (Å²) in [4.78, 5) is 29.6. The molecule has 1 spiro atoms. The number of anilines is 1. The van der Waals surface area contributed by atoms with Gasteiger partial charge >= 0.3 is 0 Å². The topological polar surface area (TPSA) is 96.8 Å². The predicted octanol–water partition coefficient (Wildman–Crippen LogP) is 6.13. The van der Waals surface area contributed by atoms with Gasteiger partial charge in [0.25, 0.3) is 11.5 Å². The number of halogens is 1. The summed E-state index contributed by atoms with van der Waals surface area (Å²) in [7, 11) is -0.624. The Balaban J connectivity index is 1.24. The number of carbonyl (C=O) groups is 1. The van der Waals surface area contributed by atoms with Crippen LogP contribution in [0.1, 0.15) is 24.5 Å². The molecule has 8 nitrogen and oxygen atoms in total. The number of rotatable bonds is 8. The average Bonchev–Trinajstić information content (AvgIpc) is 3.65. The number of ether oxygens (including phenoxy) is 2. The van der Waals surface area contributed by atoms with Crippen molar-refractivity contribution in [2.75, 3.05) is 18.6 Å². The number of aromatic nitrogens is 2. The van der Waals surface area contributed by atoms with Crippen LogP contribution in [0.5, 0.6) is 5.75 Å². The van der Waals surface area contributed by atoms with Crippen LogP contribution >= 0.6 is 11.6 Å². The number of hydrogen-bond acceptors (Lipinski definition) is 5. The number of methoxy groups -OCH3 is 1. The lowest BCUT2D eigenvalue weighted by molar-refractivity contribution is -0.146. The largest absolute Gasteiger partial charge is 0.497 e. The monoisotopic (exact) mass is 667 g/mol. The fourth-order valence-corrected chi connectivity index (χ4v) is 12.2. The number of aliphatic hydroxyl groups excluding tert-OH is 1. The highest BCUT2D eigenvalue weighted by atomic mass is 35.5. The molecule has 1 fully saturated rings. The minimum Gasteiger partial charge on any atom is -0.497 e. The Labute approximate surface area is 279 Å². The van der Waals surface area contributed by atoms with Crippen molar-refractivity contribution in [2.24, 2.45) is 5.92 Å². The lowest BCUT2D eigenvalue weighted by Gasteiger charge is -2.37. The van der Waals surface area contributed by atoms with Crippen molar-refractivity contribution in [3.63, 3.8) is 0 Å². The van der Waals surface area contributed by atoms with Crippen molar-refractivity contribution in [1.82, 2.24) is 9.78 Å². The SMILES string of the molecule is COc1ccc([Si](C)(C)[C@H]2[C@H](CCO)O[C@@]3(C(=O)N(Cc4ccc(-n5[nH]c6ccccc6c5=O)cc4)c4ccc(Cl)cc43)[C@@H]2C)cc1. The van der Waals surface area contributed by atoms with E-state index in [1.54, 1.807) is 18.1 Å². The van der Waals surface area contributed by atoms with Crippen molar-refractivity contribution in [3.05, 3.63) is 117 Å². The van der Waals surface area contributed by atoms with Crippen molar-refractivity contribution in [2.45, 2.75) is 50.2 Å². The second-order valence-electron chi connectivity index (χ2n) is 13.2. The Morgan fingerprint density at radius 2 is 1.72 bits per heavy atom. The third-order valence-corrected chi connectivity index (χ3v) is 14.9. The Bertz CT molecular complexity index is 2020. The lowest BCUT2D eigenvalue weighted by atomic mass is 9.82. The first-order chi connectivity index (χ1) is 22.6. The summed E-state index contributed by atoms with van der Waals surface area (Å²) in [5.74, 6) is 0.487. The summed E-state index contributed by atoms with van der Waals surface area (Å²) in [5.41, 5.74) is 2.61. The molecule has 7 rings (SSSR count). The summed E-state index contributed by atoms with van der Waals surface area (Å²) in [6, 6.07) is 28.9. The van der Waals surface area contributed by atoms with Gasteiger partial charge in [-0.1, -0.05) is 73.2 Å². The fraction of sp³-hybridized carbons (Fsp3) is 0.297. The first kappa shape index (κ1) is 31.4. The van der Waals surface area contributed by atoms with Gasteiger partial charge in [0, 0.05) is 23.1 Å². The molecular weight excluding hydrogens is 630 g/mol. The zero-order valence-electron chi connectivity index (χ0n) is 26.9. The minimum atomic E-state index is -2.28.